The Morgan fingerprint density at radius 2 is 1.83 bits per heavy atom. The maximum Gasteiger partial charge on any atom is 0.203 e. The van der Waals surface area contributed by atoms with Gasteiger partial charge in [-0.1, -0.05) is 11.6 Å². The van der Waals surface area contributed by atoms with E-state index in [1.54, 1.807) is 28.6 Å². The third-order valence-corrected chi connectivity index (χ3v) is 4.49. The fourth-order valence-corrected chi connectivity index (χ4v) is 3.11. The molecule has 0 aliphatic rings. The molecule has 0 atom stereocenters. The molecule has 0 spiro atoms. The highest BCUT2D eigenvalue weighted by molar-refractivity contribution is 8.00. The van der Waals surface area contributed by atoms with Crippen LogP contribution in [0.15, 0.2) is 47.4 Å². The molecule has 0 saturated heterocycles. The molecule has 2 aromatic rings. The van der Waals surface area contributed by atoms with Crippen molar-refractivity contribution in [3.8, 4) is 0 Å². The summed E-state index contributed by atoms with van der Waals surface area (Å²) < 4.78 is 29.2. The van der Waals surface area contributed by atoms with Gasteiger partial charge < -0.3 is 4.31 Å². The standard InChI is InChI=1S/C16H15ClF2N2O2S/c17-12-3-6-14(7-4-12)24-20(9-1-2-10-21(22)23)16-11-13(18)5-8-15(16)19/h3-8,11H,1-2,9-10H2. The second-order valence-corrected chi connectivity index (χ2v) is 6.54. The molecule has 0 fully saturated rings. The quantitative estimate of drug-likeness (QED) is 0.277. The molecule has 0 saturated carbocycles. The lowest BCUT2D eigenvalue weighted by Crippen LogP contribution is -2.18. The van der Waals surface area contributed by atoms with Crippen LogP contribution in [0.3, 0.4) is 0 Å². The van der Waals surface area contributed by atoms with E-state index in [0.717, 1.165) is 23.1 Å². The normalized spacial score (nSPS) is 10.6. The van der Waals surface area contributed by atoms with Crippen LogP contribution in [0.1, 0.15) is 12.8 Å². The first-order valence-electron chi connectivity index (χ1n) is 7.23. The van der Waals surface area contributed by atoms with Gasteiger partial charge in [-0.05, 0) is 54.8 Å². The number of anilines is 1. The Hall–Kier alpha value is -1.86. The van der Waals surface area contributed by atoms with E-state index in [2.05, 4.69) is 0 Å². The van der Waals surface area contributed by atoms with E-state index in [4.69, 9.17) is 11.6 Å². The van der Waals surface area contributed by atoms with Gasteiger partial charge in [0.15, 0.2) is 0 Å². The van der Waals surface area contributed by atoms with Gasteiger partial charge in [0.25, 0.3) is 0 Å². The van der Waals surface area contributed by atoms with Crippen LogP contribution >= 0.6 is 23.5 Å². The molecule has 128 valence electrons. The summed E-state index contributed by atoms with van der Waals surface area (Å²) in [7, 11) is 0. The van der Waals surface area contributed by atoms with E-state index < -0.39 is 11.6 Å². The maximum absolute atomic E-state index is 14.1. The average Bonchev–Trinajstić information content (AvgIpc) is 2.54. The zero-order valence-corrected chi connectivity index (χ0v) is 14.2. The number of hydrogen-bond acceptors (Lipinski definition) is 4. The highest BCUT2D eigenvalue weighted by Crippen LogP contribution is 2.32. The number of hydrogen-bond donors (Lipinski definition) is 0. The zero-order chi connectivity index (χ0) is 17.5. The summed E-state index contributed by atoms with van der Waals surface area (Å²) in [5.74, 6) is -1.09. The van der Waals surface area contributed by atoms with Crippen LogP contribution in [-0.2, 0) is 0 Å². The van der Waals surface area contributed by atoms with Crippen LogP contribution in [0, 0.1) is 21.7 Å². The fourth-order valence-electron chi connectivity index (χ4n) is 2.01. The van der Waals surface area contributed by atoms with Gasteiger partial charge in [0.2, 0.25) is 6.54 Å². The minimum atomic E-state index is -0.549. The lowest BCUT2D eigenvalue weighted by atomic mass is 10.2. The second kappa shape index (κ2) is 8.84. The van der Waals surface area contributed by atoms with E-state index >= 15 is 0 Å². The van der Waals surface area contributed by atoms with E-state index in [1.165, 1.54) is 11.9 Å². The number of benzene rings is 2. The molecule has 8 heteroatoms. The molecule has 0 bridgehead atoms. The monoisotopic (exact) mass is 372 g/mol. The molecular weight excluding hydrogens is 358 g/mol. The topological polar surface area (TPSA) is 46.4 Å². The summed E-state index contributed by atoms with van der Waals surface area (Å²) in [4.78, 5) is 10.8. The Morgan fingerprint density at radius 3 is 2.50 bits per heavy atom. The largest absolute Gasteiger partial charge is 0.309 e. The van der Waals surface area contributed by atoms with Crippen molar-refractivity contribution in [3.05, 3.63) is 69.2 Å². The number of nitrogens with zero attached hydrogens (tertiary/aromatic N) is 2. The molecule has 0 aliphatic carbocycles. The van der Waals surface area contributed by atoms with E-state index in [-0.39, 0.29) is 17.2 Å². The van der Waals surface area contributed by atoms with Crippen molar-refractivity contribution < 1.29 is 13.7 Å². The SMILES string of the molecule is O=[N+]([O-])CCCCN(Sc1ccc(Cl)cc1)c1cc(F)ccc1F. The van der Waals surface area contributed by atoms with Gasteiger partial charge in [-0.2, -0.15) is 0 Å². The molecule has 2 aromatic carbocycles. The highest BCUT2D eigenvalue weighted by Gasteiger charge is 2.15. The minimum absolute atomic E-state index is 0.107. The molecule has 0 heterocycles. The molecule has 24 heavy (non-hydrogen) atoms. The third kappa shape index (κ3) is 5.65. The minimum Gasteiger partial charge on any atom is -0.309 e. The molecule has 0 amide bonds. The zero-order valence-electron chi connectivity index (χ0n) is 12.6. The predicted molar refractivity (Wildman–Crippen MR) is 92.1 cm³/mol. The second-order valence-electron chi connectivity index (χ2n) is 5.01. The molecule has 2 rings (SSSR count). The molecule has 0 N–H and O–H groups in total. The smallest absolute Gasteiger partial charge is 0.203 e. The van der Waals surface area contributed by atoms with Crippen molar-refractivity contribution in [2.45, 2.75) is 17.7 Å². The Kier molecular flexibility index (Phi) is 6.81. The summed E-state index contributed by atoms with van der Waals surface area (Å²) >= 11 is 7.08. The third-order valence-electron chi connectivity index (χ3n) is 3.16. The lowest BCUT2D eigenvalue weighted by Gasteiger charge is -2.23. The van der Waals surface area contributed by atoms with Crippen molar-refractivity contribution in [2.75, 3.05) is 17.4 Å². The van der Waals surface area contributed by atoms with E-state index in [9.17, 15) is 18.9 Å². The summed E-state index contributed by atoms with van der Waals surface area (Å²) in [6.45, 7) is 0.201. The number of nitro groups is 1. The van der Waals surface area contributed by atoms with Crippen LogP contribution in [0.25, 0.3) is 0 Å². The molecule has 4 nitrogen and oxygen atoms in total. The van der Waals surface area contributed by atoms with Crippen LogP contribution in [-0.4, -0.2) is 18.0 Å². The van der Waals surface area contributed by atoms with Gasteiger partial charge in [-0.3, -0.25) is 10.1 Å². The number of halogens is 3. The molecule has 0 radical (unpaired) electrons. The van der Waals surface area contributed by atoms with Crippen molar-refractivity contribution in [2.24, 2.45) is 0 Å². The Bertz CT molecular complexity index is 701. The summed E-state index contributed by atoms with van der Waals surface area (Å²) in [5.41, 5.74) is 0.107. The molecule has 0 aliphatic heterocycles. The van der Waals surface area contributed by atoms with E-state index in [0.29, 0.717) is 24.4 Å². The van der Waals surface area contributed by atoms with Crippen LogP contribution in [0.4, 0.5) is 14.5 Å². The summed E-state index contributed by atoms with van der Waals surface area (Å²) in [6.07, 6.45) is 0.846. The van der Waals surface area contributed by atoms with Crippen molar-refractivity contribution in [3.63, 3.8) is 0 Å². The number of unbranched alkanes of at least 4 members (excludes halogenated alkanes) is 1. The average molecular weight is 373 g/mol. The summed E-state index contributed by atoms with van der Waals surface area (Å²) in [6, 6.07) is 10.2. The van der Waals surface area contributed by atoms with Gasteiger partial charge in [0.1, 0.15) is 11.6 Å². The van der Waals surface area contributed by atoms with Gasteiger partial charge in [-0.15, -0.1) is 0 Å². The van der Waals surface area contributed by atoms with Gasteiger partial charge >= 0.3 is 0 Å². The van der Waals surface area contributed by atoms with Crippen LogP contribution in [0.5, 0.6) is 0 Å². The first-order chi connectivity index (χ1) is 11.5. The summed E-state index contributed by atoms with van der Waals surface area (Å²) in [5, 5.41) is 11.0. The van der Waals surface area contributed by atoms with Gasteiger partial charge in [-0.25, -0.2) is 8.78 Å². The predicted octanol–water partition coefficient (Wildman–Crippen LogP) is 5.19. The molecule has 0 unspecified atom stereocenters. The van der Waals surface area contributed by atoms with Crippen molar-refractivity contribution in [1.29, 1.82) is 0 Å². The van der Waals surface area contributed by atoms with Gasteiger partial charge in [0.05, 0.1) is 5.69 Å². The highest BCUT2D eigenvalue weighted by atomic mass is 35.5. The fraction of sp³-hybridized carbons (Fsp3) is 0.250. The van der Waals surface area contributed by atoms with Gasteiger partial charge in [0, 0.05) is 33.9 Å². The van der Waals surface area contributed by atoms with Crippen molar-refractivity contribution in [1.82, 2.24) is 0 Å². The molecular formula is C16H15ClF2N2O2S. The Balaban J connectivity index is 2.15. The first kappa shape index (κ1) is 18.5. The van der Waals surface area contributed by atoms with E-state index in [1.807, 2.05) is 0 Å². The molecule has 0 aromatic heterocycles. The van der Waals surface area contributed by atoms with Crippen molar-refractivity contribution >= 4 is 29.2 Å². The Morgan fingerprint density at radius 1 is 1.12 bits per heavy atom. The number of rotatable bonds is 8. The maximum atomic E-state index is 14.1. The first-order valence-corrected chi connectivity index (χ1v) is 8.39. The van der Waals surface area contributed by atoms with Crippen LogP contribution < -0.4 is 4.31 Å². The Labute approximate surface area is 147 Å². The van der Waals surface area contributed by atoms with Crippen LogP contribution in [0.2, 0.25) is 5.02 Å². The lowest BCUT2D eigenvalue weighted by molar-refractivity contribution is -0.480.